The van der Waals surface area contributed by atoms with Crippen molar-refractivity contribution in [1.29, 1.82) is 0 Å². The van der Waals surface area contributed by atoms with Crippen LogP contribution < -0.4 is 10.6 Å². The first-order valence-corrected chi connectivity index (χ1v) is 5.88. The monoisotopic (exact) mass is 271 g/mol. The average molecular weight is 271 g/mol. The maximum absolute atomic E-state index is 11.8. The molecule has 0 bridgehead atoms. The van der Waals surface area contributed by atoms with Crippen LogP contribution in [0.25, 0.3) is 0 Å². The normalized spacial score (nSPS) is 9.85. The van der Waals surface area contributed by atoms with E-state index in [0.29, 0.717) is 11.4 Å². The van der Waals surface area contributed by atoms with E-state index in [-0.39, 0.29) is 5.56 Å². The van der Waals surface area contributed by atoms with Crippen LogP contribution in [0.5, 0.6) is 0 Å². The van der Waals surface area contributed by atoms with Crippen LogP contribution in [0.15, 0.2) is 42.6 Å². The second-order valence-corrected chi connectivity index (χ2v) is 4.15. The Balaban J connectivity index is 2.02. The summed E-state index contributed by atoms with van der Waals surface area (Å²) in [6.45, 7) is 1.85. The SMILES string of the molecule is Cc1ccc(NC(=O)Nc2cccc(C(=O)O)c2)cn1. The fraction of sp³-hybridized carbons (Fsp3) is 0.0714. The lowest BCUT2D eigenvalue weighted by molar-refractivity contribution is 0.0697. The van der Waals surface area contributed by atoms with Crippen LogP contribution in [0.4, 0.5) is 16.2 Å². The van der Waals surface area contributed by atoms with Gasteiger partial charge in [0.1, 0.15) is 0 Å². The van der Waals surface area contributed by atoms with Crippen molar-refractivity contribution in [3.05, 3.63) is 53.9 Å². The Hall–Kier alpha value is -2.89. The molecule has 6 heteroatoms. The molecule has 1 heterocycles. The summed E-state index contributed by atoms with van der Waals surface area (Å²) in [6, 6.07) is 9.06. The minimum Gasteiger partial charge on any atom is -0.478 e. The number of carboxylic acids is 1. The van der Waals surface area contributed by atoms with Crippen molar-refractivity contribution in [3.8, 4) is 0 Å². The molecular weight excluding hydrogens is 258 g/mol. The fourth-order valence-corrected chi connectivity index (χ4v) is 1.57. The summed E-state index contributed by atoms with van der Waals surface area (Å²) in [5, 5.41) is 14.0. The van der Waals surface area contributed by atoms with E-state index in [1.165, 1.54) is 12.1 Å². The molecule has 1 aromatic heterocycles. The van der Waals surface area contributed by atoms with Crippen LogP contribution in [0, 0.1) is 6.92 Å². The third-order valence-corrected chi connectivity index (χ3v) is 2.54. The predicted octanol–water partition coefficient (Wildman–Crippen LogP) is 2.73. The Labute approximate surface area is 115 Å². The molecule has 0 atom stereocenters. The standard InChI is InChI=1S/C14H13N3O3/c1-9-5-6-12(8-15-9)17-14(20)16-11-4-2-3-10(7-11)13(18)19/h2-8H,1H3,(H,18,19)(H2,16,17,20). The van der Waals surface area contributed by atoms with E-state index in [4.69, 9.17) is 5.11 Å². The van der Waals surface area contributed by atoms with Crippen LogP contribution in [0.2, 0.25) is 0 Å². The minimum atomic E-state index is -1.04. The largest absolute Gasteiger partial charge is 0.478 e. The molecule has 0 unspecified atom stereocenters. The minimum absolute atomic E-state index is 0.111. The number of nitrogens with one attached hydrogen (secondary N) is 2. The number of hydrogen-bond donors (Lipinski definition) is 3. The van der Waals surface area contributed by atoms with Crippen molar-refractivity contribution in [3.63, 3.8) is 0 Å². The number of amides is 2. The predicted molar refractivity (Wildman–Crippen MR) is 75.0 cm³/mol. The van der Waals surface area contributed by atoms with Crippen molar-refractivity contribution in [2.24, 2.45) is 0 Å². The lowest BCUT2D eigenvalue weighted by atomic mass is 10.2. The Morgan fingerprint density at radius 3 is 2.50 bits per heavy atom. The second kappa shape index (κ2) is 5.83. The molecule has 2 rings (SSSR count). The first-order valence-electron chi connectivity index (χ1n) is 5.88. The van der Waals surface area contributed by atoms with Crippen molar-refractivity contribution in [1.82, 2.24) is 4.98 Å². The molecule has 0 saturated heterocycles. The lowest BCUT2D eigenvalue weighted by Crippen LogP contribution is -2.19. The van der Waals surface area contributed by atoms with Crippen LogP contribution in [-0.2, 0) is 0 Å². The summed E-state index contributed by atoms with van der Waals surface area (Å²) in [7, 11) is 0. The lowest BCUT2D eigenvalue weighted by Gasteiger charge is -2.08. The molecule has 0 aliphatic carbocycles. The summed E-state index contributed by atoms with van der Waals surface area (Å²) >= 11 is 0. The number of carbonyl (C=O) groups excluding carboxylic acids is 1. The van der Waals surface area contributed by atoms with Crippen LogP contribution >= 0.6 is 0 Å². The number of nitrogens with zero attached hydrogens (tertiary/aromatic N) is 1. The van der Waals surface area contributed by atoms with Gasteiger partial charge in [-0.3, -0.25) is 4.98 Å². The highest BCUT2D eigenvalue weighted by Crippen LogP contribution is 2.12. The summed E-state index contributed by atoms with van der Waals surface area (Å²) in [5.74, 6) is -1.04. The molecule has 0 aliphatic rings. The molecular formula is C14H13N3O3. The maximum Gasteiger partial charge on any atom is 0.335 e. The highest BCUT2D eigenvalue weighted by molar-refractivity contribution is 6.00. The Kier molecular flexibility index (Phi) is 3.95. The molecule has 2 aromatic rings. The Bertz CT molecular complexity index is 638. The van der Waals surface area contributed by atoms with E-state index in [2.05, 4.69) is 15.6 Å². The first kappa shape index (κ1) is 13.5. The van der Waals surface area contributed by atoms with E-state index >= 15 is 0 Å². The second-order valence-electron chi connectivity index (χ2n) is 4.15. The van der Waals surface area contributed by atoms with Gasteiger partial charge in [0.25, 0.3) is 0 Å². The van der Waals surface area contributed by atoms with Crippen molar-refractivity contribution >= 4 is 23.4 Å². The van der Waals surface area contributed by atoms with E-state index in [9.17, 15) is 9.59 Å². The van der Waals surface area contributed by atoms with Gasteiger partial charge in [-0.2, -0.15) is 0 Å². The Morgan fingerprint density at radius 2 is 1.85 bits per heavy atom. The van der Waals surface area contributed by atoms with Crippen molar-refractivity contribution in [2.45, 2.75) is 6.92 Å². The van der Waals surface area contributed by atoms with Crippen LogP contribution in [0.1, 0.15) is 16.1 Å². The number of carboxylic acid groups (broad SMARTS) is 1. The van der Waals surface area contributed by atoms with Gasteiger partial charge in [0.05, 0.1) is 17.4 Å². The molecule has 0 spiro atoms. The third-order valence-electron chi connectivity index (χ3n) is 2.54. The van der Waals surface area contributed by atoms with Gasteiger partial charge in [-0.05, 0) is 37.3 Å². The van der Waals surface area contributed by atoms with Gasteiger partial charge in [-0.25, -0.2) is 9.59 Å². The van der Waals surface area contributed by atoms with Gasteiger partial charge >= 0.3 is 12.0 Å². The number of urea groups is 1. The van der Waals surface area contributed by atoms with Crippen LogP contribution in [0.3, 0.4) is 0 Å². The average Bonchev–Trinajstić information content (AvgIpc) is 2.41. The van der Waals surface area contributed by atoms with E-state index in [1.54, 1.807) is 30.5 Å². The fourth-order valence-electron chi connectivity index (χ4n) is 1.57. The van der Waals surface area contributed by atoms with Crippen molar-refractivity contribution in [2.75, 3.05) is 10.6 Å². The van der Waals surface area contributed by atoms with Gasteiger partial charge in [-0.1, -0.05) is 6.07 Å². The van der Waals surface area contributed by atoms with E-state index < -0.39 is 12.0 Å². The third kappa shape index (κ3) is 3.55. The molecule has 102 valence electrons. The number of anilines is 2. The molecule has 0 saturated carbocycles. The molecule has 0 radical (unpaired) electrons. The summed E-state index contributed by atoms with van der Waals surface area (Å²) in [5.41, 5.74) is 1.93. The van der Waals surface area contributed by atoms with Crippen LogP contribution in [-0.4, -0.2) is 22.1 Å². The number of aromatic carboxylic acids is 1. The van der Waals surface area contributed by atoms with E-state index in [1.807, 2.05) is 6.92 Å². The van der Waals surface area contributed by atoms with Gasteiger partial charge in [0, 0.05) is 11.4 Å². The molecule has 3 N–H and O–H groups in total. The number of carbonyl (C=O) groups is 2. The zero-order valence-corrected chi connectivity index (χ0v) is 10.8. The Morgan fingerprint density at radius 1 is 1.10 bits per heavy atom. The van der Waals surface area contributed by atoms with Gasteiger partial charge in [0.2, 0.25) is 0 Å². The number of benzene rings is 1. The number of pyridine rings is 1. The number of aromatic nitrogens is 1. The summed E-state index contributed by atoms with van der Waals surface area (Å²) in [4.78, 5) is 26.6. The molecule has 2 amide bonds. The smallest absolute Gasteiger partial charge is 0.335 e. The molecule has 1 aromatic carbocycles. The number of aryl methyl sites for hydroxylation is 1. The maximum atomic E-state index is 11.8. The first-order chi connectivity index (χ1) is 9.54. The zero-order chi connectivity index (χ0) is 14.5. The molecule has 0 fully saturated rings. The van der Waals surface area contributed by atoms with E-state index in [0.717, 1.165) is 5.69 Å². The summed E-state index contributed by atoms with van der Waals surface area (Å²) in [6.07, 6.45) is 1.54. The number of rotatable bonds is 3. The number of hydrogen-bond acceptors (Lipinski definition) is 3. The quantitative estimate of drug-likeness (QED) is 0.800. The molecule has 20 heavy (non-hydrogen) atoms. The van der Waals surface area contributed by atoms with Gasteiger partial charge in [-0.15, -0.1) is 0 Å². The highest BCUT2D eigenvalue weighted by atomic mass is 16.4. The van der Waals surface area contributed by atoms with Gasteiger partial charge < -0.3 is 15.7 Å². The topological polar surface area (TPSA) is 91.3 Å². The molecule has 6 nitrogen and oxygen atoms in total. The van der Waals surface area contributed by atoms with Crippen molar-refractivity contribution < 1.29 is 14.7 Å². The highest BCUT2D eigenvalue weighted by Gasteiger charge is 2.06. The molecule has 0 aliphatic heterocycles. The summed E-state index contributed by atoms with van der Waals surface area (Å²) < 4.78 is 0. The zero-order valence-electron chi connectivity index (χ0n) is 10.8. The van der Waals surface area contributed by atoms with Gasteiger partial charge in [0.15, 0.2) is 0 Å².